The van der Waals surface area contributed by atoms with Gasteiger partial charge in [0.1, 0.15) is 11.4 Å². The molecule has 1 amide bonds. The average molecular weight is 384 g/mol. The molecule has 0 N–H and O–H groups in total. The fourth-order valence-electron chi connectivity index (χ4n) is 5.77. The van der Waals surface area contributed by atoms with E-state index in [0.29, 0.717) is 18.5 Å². The molecule has 1 aromatic rings. The second-order valence-corrected chi connectivity index (χ2v) is 9.30. The molecule has 4 aliphatic rings. The topological polar surface area (TPSA) is 36.0 Å². The summed E-state index contributed by atoms with van der Waals surface area (Å²) in [5.41, 5.74) is 1.28. The molecule has 2 unspecified atom stereocenters. The van der Waals surface area contributed by atoms with E-state index in [2.05, 4.69) is 39.0 Å². The van der Waals surface area contributed by atoms with E-state index in [9.17, 15) is 4.79 Å². The van der Waals surface area contributed by atoms with Crippen molar-refractivity contribution in [2.24, 2.45) is 0 Å². The van der Waals surface area contributed by atoms with E-state index in [1.54, 1.807) is 0 Å². The van der Waals surface area contributed by atoms with Gasteiger partial charge in [-0.2, -0.15) is 0 Å². The number of piperidine rings is 1. The zero-order valence-corrected chi connectivity index (χ0v) is 16.9. The first-order valence-corrected chi connectivity index (χ1v) is 11.2. The van der Waals surface area contributed by atoms with Gasteiger partial charge in [0.15, 0.2) is 0 Å². The lowest BCUT2D eigenvalue weighted by atomic mass is 9.94. The van der Waals surface area contributed by atoms with Gasteiger partial charge in [-0.3, -0.25) is 14.6 Å². The van der Waals surface area contributed by atoms with Crippen LogP contribution in [0, 0.1) is 0 Å². The Morgan fingerprint density at radius 2 is 1.93 bits per heavy atom. The fraction of sp³-hybridized carbons (Fsp3) is 0.696. The number of carbonyl (C=O) groups is 1. The van der Waals surface area contributed by atoms with Crippen LogP contribution in [0.2, 0.25) is 0 Å². The Hall–Kier alpha value is -1.59. The van der Waals surface area contributed by atoms with E-state index in [4.69, 9.17) is 4.74 Å². The Labute approximate surface area is 168 Å². The number of amides is 1. The summed E-state index contributed by atoms with van der Waals surface area (Å²) in [6.07, 6.45) is 8.52. The summed E-state index contributed by atoms with van der Waals surface area (Å²) in [6.45, 7) is 6.74. The Balaban J connectivity index is 1.20. The summed E-state index contributed by atoms with van der Waals surface area (Å²) in [4.78, 5) is 19.6. The zero-order valence-electron chi connectivity index (χ0n) is 16.9. The molecule has 3 saturated heterocycles. The van der Waals surface area contributed by atoms with Crippen molar-refractivity contribution >= 4 is 5.91 Å². The van der Waals surface area contributed by atoms with Gasteiger partial charge in [0.25, 0.3) is 0 Å². The molecule has 0 spiro atoms. The van der Waals surface area contributed by atoms with Gasteiger partial charge in [-0.15, -0.1) is 0 Å². The predicted molar refractivity (Wildman–Crippen MR) is 109 cm³/mol. The summed E-state index contributed by atoms with van der Waals surface area (Å²) in [5.74, 6) is 1.31. The maximum Gasteiger partial charge on any atom is 0.237 e. The van der Waals surface area contributed by atoms with Crippen LogP contribution in [-0.2, 0) is 11.3 Å². The van der Waals surface area contributed by atoms with Crippen molar-refractivity contribution in [1.82, 2.24) is 14.7 Å². The predicted octanol–water partition coefficient (Wildman–Crippen LogP) is 2.89. The molecule has 2 atom stereocenters. The summed E-state index contributed by atoms with van der Waals surface area (Å²) < 4.78 is 6.53. The molecule has 0 aromatic heterocycles. The molecule has 5 rings (SSSR count). The van der Waals surface area contributed by atoms with E-state index in [0.717, 1.165) is 38.3 Å². The molecule has 2 bridgehead atoms. The van der Waals surface area contributed by atoms with Crippen LogP contribution in [-0.4, -0.2) is 71.5 Å². The Morgan fingerprint density at radius 3 is 2.79 bits per heavy atom. The van der Waals surface area contributed by atoms with Crippen LogP contribution >= 0.6 is 0 Å². The summed E-state index contributed by atoms with van der Waals surface area (Å²) >= 11 is 0. The van der Waals surface area contributed by atoms with E-state index >= 15 is 0 Å². The Morgan fingerprint density at radius 1 is 1.04 bits per heavy atom. The second-order valence-electron chi connectivity index (χ2n) is 9.30. The van der Waals surface area contributed by atoms with Crippen molar-refractivity contribution in [3.63, 3.8) is 0 Å². The second kappa shape index (κ2) is 7.68. The lowest BCUT2D eigenvalue weighted by Crippen LogP contribution is -2.53. The monoisotopic (exact) mass is 383 g/mol. The van der Waals surface area contributed by atoms with Gasteiger partial charge in [0, 0.05) is 45.2 Å². The Kier molecular flexibility index (Phi) is 5.06. The molecule has 3 aliphatic heterocycles. The van der Waals surface area contributed by atoms with Gasteiger partial charge in [0.2, 0.25) is 5.91 Å². The highest BCUT2D eigenvalue weighted by molar-refractivity contribution is 5.79. The largest absolute Gasteiger partial charge is 0.486 e. The maximum atomic E-state index is 12.7. The number of rotatable bonds is 5. The van der Waals surface area contributed by atoms with Crippen molar-refractivity contribution in [1.29, 1.82) is 0 Å². The molecule has 0 radical (unpaired) electrons. The molecular weight excluding hydrogens is 350 g/mol. The van der Waals surface area contributed by atoms with Gasteiger partial charge < -0.3 is 9.64 Å². The highest BCUT2D eigenvalue weighted by atomic mass is 16.5. The number of carbonyl (C=O) groups excluding carboxylic acids is 1. The Bertz CT molecular complexity index is 714. The van der Waals surface area contributed by atoms with E-state index in [-0.39, 0.29) is 5.60 Å². The molecule has 1 aliphatic carbocycles. The first-order chi connectivity index (χ1) is 13.7. The number of nitrogens with zero attached hydrogens (tertiary/aromatic N) is 3. The normalized spacial score (nSPS) is 31.5. The van der Waals surface area contributed by atoms with Crippen LogP contribution in [0.25, 0.3) is 0 Å². The van der Waals surface area contributed by atoms with Crippen LogP contribution in [0.1, 0.15) is 50.5 Å². The smallest absolute Gasteiger partial charge is 0.237 e. The third kappa shape index (κ3) is 3.79. The quantitative estimate of drug-likeness (QED) is 0.783. The van der Waals surface area contributed by atoms with Crippen LogP contribution in [0.3, 0.4) is 0 Å². The van der Waals surface area contributed by atoms with E-state index in [1.807, 2.05) is 0 Å². The minimum Gasteiger partial charge on any atom is -0.486 e. The van der Waals surface area contributed by atoms with Gasteiger partial charge in [-0.05, 0) is 49.9 Å². The third-order valence-electron chi connectivity index (χ3n) is 7.24. The molecule has 1 saturated carbocycles. The van der Waals surface area contributed by atoms with Crippen molar-refractivity contribution in [2.45, 2.75) is 63.1 Å². The molecule has 4 fully saturated rings. The van der Waals surface area contributed by atoms with Crippen molar-refractivity contribution in [2.75, 3.05) is 39.3 Å². The highest BCUT2D eigenvalue weighted by Crippen LogP contribution is 2.36. The molecule has 5 nitrogen and oxygen atoms in total. The SMILES string of the molecule is O=C1CN(Cc2cccc(OC34CCCN(CC3)C4)c2)CCN1C1CCCC1. The number of hydrogen-bond acceptors (Lipinski definition) is 4. The highest BCUT2D eigenvalue weighted by Gasteiger charge is 2.42. The summed E-state index contributed by atoms with van der Waals surface area (Å²) in [5, 5.41) is 0. The molecule has 5 heteroatoms. The number of ether oxygens (including phenoxy) is 1. The number of fused-ring (bicyclic) bond motifs is 2. The van der Waals surface area contributed by atoms with Crippen LogP contribution < -0.4 is 4.74 Å². The van der Waals surface area contributed by atoms with Crippen LogP contribution in [0.4, 0.5) is 0 Å². The molecule has 1 aromatic carbocycles. The number of hydrogen-bond donors (Lipinski definition) is 0. The number of benzene rings is 1. The number of piperazine rings is 1. The molecule has 28 heavy (non-hydrogen) atoms. The standard InChI is InChI=1S/C23H33N3O2/c27-22-17-25(13-14-26(22)20-6-1-2-7-20)16-19-5-3-8-21(15-19)28-23-9-4-11-24(18-23)12-10-23/h3,5,8,15,20H,1-2,4,6-7,9-14,16-18H2. The molecule has 152 valence electrons. The zero-order chi connectivity index (χ0) is 19.0. The first-order valence-electron chi connectivity index (χ1n) is 11.2. The minimum absolute atomic E-state index is 0.0275. The summed E-state index contributed by atoms with van der Waals surface area (Å²) in [6, 6.07) is 9.07. The lowest BCUT2D eigenvalue weighted by Gasteiger charge is -2.38. The maximum absolute atomic E-state index is 12.7. The van der Waals surface area contributed by atoms with Gasteiger partial charge >= 0.3 is 0 Å². The van der Waals surface area contributed by atoms with Gasteiger partial charge in [-0.1, -0.05) is 25.0 Å². The molecule has 3 heterocycles. The average Bonchev–Trinajstić information content (AvgIpc) is 3.30. The van der Waals surface area contributed by atoms with Crippen molar-refractivity contribution < 1.29 is 9.53 Å². The van der Waals surface area contributed by atoms with Crippen LogP contribution in [0.5, 0.6) is 5.75 Å². The van der Waals surface area contributed by atoms with Crippen molar-refractivity contribution in [3.8, 4) is 5.75 Å². The minimum atomic E-state index is 0.0275. The van der Waals surface area contributed by atoms with Gasteiger partial charge in [-0.25, -0.2) is 0 Å². The first kappa shape index (κ1) is 18.4. The lowest BCUT2D eigenvalue weighted by molar-refractivity contribution is -0.138. The summed E-state index contributed by atoms with van der Waals surface area (Å²) in [7, 11) is 0. The van der Waals surface area contributed by atoms with Crippen LogP contribution in [0.15, 0.2) is 24.3 Å². The molecular formula is C23H33N3O2. The van der Waals surface area contributed by atoms with Crippen molar-refractivity contribution in [3.05, 3.63) is 29.8 Å². The fourth-order valence-corrected chi connectivity index (χ4v) is 5.77. The third-order valence-corrected chi connectivity index (χ3v) is 7.24. The van der Waals surface area contributed by atoms with E-state index in [1.165, 1.54) is 57.2 Å². The van der Waals surface area contributed by atoms with Gasteiger partial charge in [0.05, 0.1) is 6.54 Å². The van der Waals surface area contributed by atoms with E-state index < -0.39 is 0 Å².